The van der Waals surface area contributed by atoms with Crippen LogP contribution in [-0.2, 0) is 4.79 Å². The smallest absolute Gasteiger partial charge is 0.337 e. The van der Waals surface area contributed by atoms with Crippen LogP contribution in [-0.4, -0.2) is 31.2 Å². The minimum Gasteiger partial charge on any atom is -0.493 e. The van der Waals surface area contributed by atoms with Crippen LogP contribution >= 0.6 is 0 Å². The lowest BCUT2D eigenvalue weighted by atomic mass is 10.1. The molecular formula is C22H19NO5. The SMILES string of the molecule is COc1cc(NC(=O)/C=C/c2ccc3ccccc3c2)c(C(=O)O)cc1OC. The van der Waals surface area contributed by atoms with Gasteiger partial charge in [-0.2, -0.15) is 0 Å². The van der Waals surface area contributed by atoms with Gasteiger partial charge in [-0.3, -0.25) is 4.79 Å². The number of aromatic carboxylic acids is 1. The fraction of sp³-hybridized carbons (Fsp3) is 0.0909. The Hall–Kier alpha value is -3.80. The molecule has 3 aromatic carbocycles. The highest BCUT2D eigenvalue weighted by Gasteiger charge is 2.17. The van der Waals surface area contributed by atoms with Crippen LogP contribution in [0.1, 0.15) is 15.9 Å². The number of hydrogen-bond acceptors (Lipinski definition) is 4. The molecule has 0 aliphatic heterocycles. The van der Waals surface area contributed by atoms with Crippen LogP contribution in [0.4, 0.5) is 5.69 Å². The van der Waals surface area contributed by atoms with Gasteiger partial charge >= 0.3 is 5.97 Å². The third-order valence-electron chi connectivity index (χ3n) is 4.21. The molecule has 2 N–H and O–H groups in total. The summed E-state index contributed by atoms with van der Waals surface area (Å²) >= 11 is 0. The molecule has 0 saturated carbocycles. The first-order valence-corrected chi connectivity index (χ1v) is 8.49. The van der Waals surface area contributed by atoms with Crippen LogP contribution in [0.3, 0.4) is 0 Å². The molecule has 0 unspecified atom stereocenters. The Bertz CT molecular complexity index is 1070. The van der Waals surface area contributed by atoms with E-state index in [4.69, 9.17) is 9.47 Å². The summed E-state index contributed by atoms with van der Waals surface area (Å²) < 4.78 is 10.3. The van der Waals surface area contributed by atoms with E-state index in [1.807, 2.05) is 42.5 Å². The summed E-state index contributed by atoms with van der Waals surface area (Å²) in [4.78, 5) is 23.8. The van der Waals surface area contributed by atoms with Crippen molar-refractivity contribution in [2.24, 2.45) is 0 Å². The van der Waals surface area contributed by atoms with Gasteiger partial charge in [0.25, 0.3) is 0 Å². The van der Waals surface area contributed by atoms with Crippen molar-refractivity contribution >= 4 is 34.4 Å². The van der Waals surface area contributed by atoms with Crippen LogP contribution in [0.15, 0.2) is 60.7 Å². The molecule has 1 amide bonds. The molecule has 0 aliphatic carbocycles. The zero-order chi connectivity index (χ0) is 20.1. The molecule has 142 valence electrons. The first-order valence-electron chi connectivity index (χ1n) is 8.49. The van der Waals surface area contributed by atoms with Crippen molar-refractivity contribution in [1.29, 1.82) is 0 Å². The van der Waals surface area contributed by atoms with Gasteiger partial charge in [0.05, 0.1) is 25.5 Å². The Morgan fingerprint density at radius 2 is 1.61 bits per heavy atom. The van der Waals surface area contributed by atoms with Crippen LogP contribution in [0.2, 0.25) is 0 Å². The highest BCUT2D eigenvalue weighted by atomic mass is 16.5. The molecule has 0 spiro atoms. The van der Waals surface area contributed by atoms with Gasteiger partial charge in [-0.1, -0.05) is 36.4 Å². The Morgan fingerprint density at radius 1 is 0.929 bits per heavy atom. The minimum absolute atomic E-state index is 0.0925. The predicted octanol–water partition coefficient (Wildman–Crippen LogP) is 4.21. The maximum atomic E-state index is 12.3. The number of benzene rings is 3. The number of methoxy groups -OCH3 is 2. The van der Waals surface area contributed by atoms with E-state index in [0.29, 0.717) is 5.75 Å². The lowest BCUT2D eigenvalue weighted by Gasteiger charge is -2.13. The molecule has 0 aromatic heterocycles. The number of amides is 1. The zero-order valence-electron chi connectivity index (χ0n) is 15.4. The topological polar surface area (TPSA) is 84.9 Å². The second kappa shape index (κ2) is 8.26. The van der Waals surface area contributed by atoms with Gasteiger partial charge in [0, 0.05) is 18.2 Å². The molecule has 0 saturated heterocycles. The van der Waals surface area contributed by atoms with Crippen LogP contribution in [0.5, 0.6) is 11.5 Å². The Balaban J connectivity index is 1.83. The molecule has 3 aromatic rings. The summed E-state index contributed by atoms with van der Waals surface area (Å²) in [7, 11) is 2.84. The van der Waals surface area contributed by atoms with Gasteiger partial charge in [0.2, 0.25) is 5.91 Å². The predicted molar refractivity (Wildman–Crippen MR) is 108 cm³/mol. The maximum absolute atomic E-state index is 12.3. The van der Waals surface area contributed by atoms with Crippen LogP contribution in [0.25, 0.3) is 16.8 Å². The standard InChI is InChI=1S/C22H19NO5/c1-27-19-12-17(22(25)26)18(13-20(19)28-2)23-21(24)10-8-14-7-9-15-5-3-4-6-16(15)11-14/h3-13H,1-2H3,(H,23,24)(H,25,26)/b10-8+. The highest BCUT2D eigenvalue weighted by molar-refractivity contribution is 6.06. The lowest BCUT2D eigenvalue weighted by Crippen LogP contribution is -2.12. The van der Waals surface area contributed by atoms with Crippen molar-refractivity contribution in [3.63, 3.8) is 0 Å². The third-order valence-corrected chi connectivity index (χ3v) is 4.21. The van der Waals surface area contributed by atoms with E-state index < -0.39 is 11.9 Å². The number of ether oxygens (including phenoxy) is 2. The summed E-state index contributed by atoms with van der Waals surface area (Å²) in [6.45, 7) is 0. The van der Waals surface area contributed by atoms with E-state index in [9.17, 15) is 14.7 Å². The molecule has 6 nitrogen and oxygen atoms in total. The molecule has 0 atom stereocenters. The summed E-state index contributed by atoms with van der Waals surface area (Å²) in [5, 5.41) is 14.2. The van der Waals surface area contributed by atoms with Gasteiger partial charge < -0.3 is 19.9 Å². The fourth-order valence-corrected chi connectivity index (χ4v) is 2.82. The summed E-state index contributed by atoms with van der Waals surface area (Å²) in [5.74, 6) is -1.05. The number of carbonyl (C=O) groups is 2. The van der Waals surface area contributed by atoms with E-state index >= 15 is 0 Å². The summed E-state index contributed by atoms with van der Waals surface area (Å²) in [6, 6.07) is 16.5. The first kappa shape index (κ1) is 19.0. The van der Waals surface area contributed by atoms with Gasteiger partial charge in [-0.25, -0.2) is 4.79 Å². The van der Waals surface area contributed by atoms with Crippen molar-refractivity contribution in [2.45, 2.75) is 0 Å². The third kappa shape index (κ3) is 4.12. The van der Waals surface area contributed by atoms with E-state index in [1.54, 1.807) is 6.08 Å². The Kier molecular flexibility index (Phi) is 5.60. The quantitative estimate of drug-likeness (QED) is 0.629. The van der Waals surface area contributed by atoms with Crippen molar-refractivity contribution in [3.8, 4) is 11.5 Å². The van der Waals surface area contributed by atoms with Crippen molar-refractivity contribution < 1.29 is 24.2 Å². The number of hydrogen-bond donors (Lipinski definition) is 2. The number of carboxylic acid groups (broad SMARTS) is 1. The van der Waals surface area contributed by atoms with E-state index in [-0.39, 0.29) is 17.0 Å². The number of nitrogens with one attached hydrogen (secondary N) is 1. The molecule has 3 rings (SSSR count). The molecule has 28 heavy (non-hydrogen) atoms. The van der Waals surface area contributed by atoms with Crippen LogP contribution in [0, 0.1) is 0 Å². The molecular weight excluding hydrogens is 358 g/mol. The zero-order valence-corrected chi connectivity index (χ0v) is 15.4. The van der Waals surface area contributed by atoms with E-state index in [2.05, 4.69) is 5.32 Å². The van der Waals surface area contributed by atoms with Gasteiger partial charge in [-0.05, 0) is 28.5 Å². The molecule has 0 fully saturated rings. The van der Waals surface area contributed by atoms with Crippen molar-refractivity contribution in [3.05, 3.63) is 71.8 Å². The maximum Gasteiger partial charge on any atom is 0.337 e. The van der Waals surface area contributed by atoms with Gasteiger partial charge in [-0.15, -0.1) is 0 Å². The number of carboxylic acids is 1. The summed E-state index contributed by atoms with van der Waals surface area (Å²) in [5.41, 5.74) is 0.892. The average Bonchev–Trinajstić information content (AvgIpc) is 2.71. The second-order valence-electron chi connectivity index (χ2n) is 5.99. The second-order valence-corrected chi connectivity index (χ2v) is 5.99. The average molecular weight is 377 g/mol. The lowest BCUT2D eigenvalue weighted by molar-refractivity contribution is -0.111. The van der Waals surface area contributed by atoms with E-state index in [0.717, 1.165) is 16.3 Å². The number of rotatable bonds is 6. The minimum atomic E-state index is -1.19. The molecule has 0 bridgehead atoms. The number of carbonyl (C=O) groups excluding carboxylic acids is 1. The van der Waals surface area contributed by atoms with E-state index in [1.165, 1.54) is 32.4 Å². The normalized spacial score (nSPS) is 10.8. The van der Waals surface area contributed by atoms with Gasteiger partial charge in [0.1, 0.15) is 0 Å². The Morgan fingerprint density at radius 3 is 2.29 bits per heavy atom. The fourth-order valence-electron chi connectivity index (χ4n) is 2.82. The number of fused-ring (bicyclic) bond motifs is 1. The van der Waals surface area contributed by atoms with Gasteiger partial charge in [0.15, 0.2) is 11.5 Å². The monoisotopic (exact) mass is 377 g/mol. The number of anilines is 1. The largest absolute Gasteiger partial charge is 0.493 e. The van der Waals surface area contributed by atoms with Crippen molar-refractivity contribution in [1.82, 2.24) is 0 Å². The molecule has 6 heteroatoms. The Labute approximate surface area is 162 Å². The molecule has 0 heterocycles. The first-order chi connectivity index (χ1) is 13.5. The van der Waals surface area contributed by atoms with Crippen molar-refractivity contribution in [2.75, 3.05) is 19.5 Å². The molecule has 0 radical (unpaired) electrons. The molecule has 0 aliphatic rings. The summed E-state index contributed by atoms with van der Waals surface area (Å²) in [6.07, 6.45) is 3.02. The highest BCUT2D eigenvalue weighted by Crippen LogP contribution is 2.33. The van der Waals surface area contributed by atoms with Crippen LogP contribution < -0.4 is 14.8 Å².